The minimum atomic E-state index is -0.939. The zero-order chi connectivity index (χ0) is 28.5. The summed E-state index contributed by atoms with van der Waals surface area (Å²) < 4.78 is 10.9. The molecule has 2 aliphatic rings. The Bertz CT molecular complexity index is 1170. The average Bonchev–Trinajstić information content (AvgIpc) is 2.97. The summed E-state index contributed by atoms with van der Waals surface area (Å²) in [7, 11) is 0. The lowest BCUT2D eigenvalue weighted by atomic mass is 9.82. The van der Waals surface area contributed by atoms with Gasteiger partial charge in [-0.1, -0.05) is 17.7 Å². The maximum absolute atomic E-state index is 10.9. The molecule has 3 N–H and O–H groups in total. The number of halogens is 1. The van der Waals surface area contributed by atoms with Crippen LogP contribution in [0.2, 0.25) is 5.02 Å². The summed E-state index contributed by atoms with van der Waals surface area (Å²) in [4.78, 5) is 20.4. The number of aliphatic carboxylic acids is 1. The molecule has 2 atom stereocenters. The number of carbonyl (C=O) groups is 1. The van der Waals surface area contributed by atoms with Crippen LogP contribution in [0, 0.1) is 22.7 Å². The molecule has 9 nitrogen and oxygen atoms in total. The minimum Gasteiger partial charge on any atom is -0.479 e. The van der Waals surface area contributed by atoms with Gasteiger partial charge in [-0.25, -0.2) is 9.78 Å². The molecule has 0 unspecified atom stereocenters. The number of ether oxygens (including phenoxy) is 2. The summed E-state index contributed by atoms with van der Waals surface area (Å²) in [6.45, 7) is 5.72. The molecule has 2 aromatic heterocycles. The predicted molar refractivity (Wildman–Crippen MR) is 154 cm³/mol. The highest BCUT2D eigenvalue weighted by molar-refractivity contribution is 6.33. The van der Waals surface area contributed by atoms with Crippen molar-refractivity contribution < 1.29 is 19.4 Å². The quantitative estimate of drug-likeness (QED) is 0.319. The van der Waals surface area contributed by atoms with Gasteiger partial charge < -0.3 is 25.2 Å². The Labute approximate surface area is 241 Å². The standard InChI is InChI=1S/C30H40ClN5O4/c1-20(17-40-21(2)29(37)38)35-23-8-6-22(7-9-23)14-24-15-25(26(31)16-33-24)27-4-3-5-28(36-27)34-19-30(18-32)10-12-39-13-11-30/h3-5,15-16,20-23,35H,6-14,17,19H2,1-2H3,(H,34,36)(H,37,38)/t20-,21+,22?,23?/m0/s1. The van der Waals surface area contributed by atoms with Gasteiger partial charge in [-0.3, -0.25) is 4.98 Å². The molecule has 40 heavy (non-hydrogen) atoms. The molecule has 1 saturated carbocycles. The lowest BCUT2D eigenvalue weighted by Crippen LogP contribution is -2.42. The van der Waals surface area contributed by atoms with E-state index in [9.17, 15) is 10.1 Å². The molecular weight excluding hydrogens is 530 g/mol. The van der Waals surface area contributed by atoms with Crippen molar-refractivity contribution in [1.29, 1.82) is 5.26 Å². The summed E-state index contributed by atoms with van der Waals surface area (Å²) in [5.41, 5.74) is 2.21. The maximum atomic E-state index is 10.9. The highest BCUT2D eigenvalue weighted by atomic mass is 35.5. The van der Waals surface area contributed by atoms with E-state index in [0.717, 1.165) is 54.9 Å². The second-order valence-electron chi connectivity index (χ2n) is 11.2. The first-order valence-electron chi connectivity index (χ1n) is 14.2. The smallest absolute Gasteiger partial charge is 0.332 e. The third-order valence-electron chi connectivity index (χ3n) is 8.04. The van der Waals surface area contributed by atoms with Gasteiger partial charge in [-0.15, -0.1) is 0 Å². The van der Waals surface area contributed by atoms with Crippen molar-refractivity contribution in [2.45, 2.75) is 77.0 Å². The molecule has 0 amide bonds. The van der Waals surface area contributed by atoms with E-state index < -0.39 is 17.5 Å². The Morgan fingerprint density at radius 3 is 2.73 bits per heavy atom. The van der Waals surface area contributed by atoms with Crippen molar-refractivity contribution in [3.63, 3.8) is 0 Å². The van der Waals surface area contributed by atoms with Crippen molar-refractivity contribution in [2.75, 3.05) is 31.7 Å². The summed E-state index contributed by atoms with van der Waals surface area (Å²) in [6, 6.07) is 10.9. The molecule has 1 aliphatic heterocycles. The Kier molecular flexibility index (Phi) is 10.7. The molecule has 216 valence electrons. The first kappa shape index (κ1) is 30.2. The van der Waals surface area contributed by atoms with Gasteiger partial charge in [-0.05, 0) is 82.9 Å². The zero-order valence-corrected chi connectivity index (χ0v) is 24.1. The molecule has 0 aromatic carbocycles. The SMILES string of the molecule is C[C@@H](CO[C@H](C)C(=O)O)NC1CCC(Cc2cc(-c3cccc(NCC4(C#N)CCOCC4)n3)c(Cl)cn2)CC1. The number of hydrogen-bond donors (Lipinski definition) is 3. The van der Waals surface area contributed by atoms with Crippen molar-refractivity contribution >= 4 is 23.4 Å². The second-order valence-corrected chi connectivity index (χ2v) is 11.6. The molecular formula is C30H40ClN5O4. The van der Waals surface area contributed by atoms with Crippen LogP contribution in [0.25, 0.3) is 11.3 Å². The van der Waals surface area contributed by atoms with E-state index in [1.165, 1.54) is 0 Å². The summed E-state index contributed by atoms with van der Waals surface area (Å²) in [5, 5.41) is 26.2. The summed E-state index contributed by atoms with van der Waals surface area (Å²) >= 11 is 6.57. The summed E-state index contributed by atoms with van der Waals surface area (Å²) in [5.74, 6) is 0.322. The zero-order valence-electron chi connectivity index (χ0n) is 23.4. The Morgan fingerprint density at radius 2 is 2.02 bits per heavy atom. The number of nitrogens with one attached hydrogen (secondary N) is 2. The number of nitrogens with zero attached hydrogens (tertiary/aromatic N) is 3. The number of anilines is 1. The largest absolute Gasteiger partial charge is 0.479 e. The van der Waals surface area contributed by atoms with E-state index in [-0.39, 0.29) is 6.04 Å². The number of aromatic nitrogens is 2. The van der Waals surface area contributed by atoms with Gasteiger partial charge in [0.1, 0.15) is 5.82 Å². The molecule has 0 spiro atoms. The number of nitriles is 1. The predicted octanol–water partition coefficient (Wildman–Crippen LogP) is 5.10. The monoisotopic (exact) mass is 569 g/mol. The third kappa shape index (κ3) is 8.37. The number of pyridine rings is 2. The van der Waals surface area contributed by atoms with Crippen LogP contribution < -0.4 is 10.6 Å². The molecule has 2 aromatic rings. The number of carboxylic acids is 1. The fourth-order valence-corrected chi connectivity index (χ4v) is 5.66. The molecule has 10 heteroatoms. The topological polar surface area (TPSA) is 129 Å². The van der Waals surface area contributed by atoms with E-state index in [2.05, 4.69) is 27.8 Å². The first-order chi connectivity index (χ1) is 19.3. The van der Waals surface area contributed by atoms with Gasteiger partial charge in [0, 0.05) is 49.3 Å². The maximum Gasteiger partial charge on any atom is 0.332 e. The molecule has 0 radical (unpaired) electrons. The van der Waals surface area contributed by atoms with Gasteiger partial charge >= 0.3 is 5.97 Å². The van der Waals surface area contributed by atoms with E-state index in [1.807, 2.05) is 25.1 Å². The van der Waals surface area contributed by atoms with Crippen LogP contribution >= 0.6 is 11.6 Å². The lowest BCUT2D eigenvalue weighted by molar-refractivity contribution is -0.149. The van der Waals surface area contributed by atoms with E-state index in [0.29, 0.717) is 56.2 Å². The number of rotatable bonds is 12. The van der Waals surface area contributed by atoms with Gasteiger partial charge in [0.2, 0.25) is 0 Å². The molecule has 3 heterocycles. The average molecular weight is 570 g/mol. The van der Waals surface area contributed by atoms with Gasteiger partial charge in [0.15, 0.2) is 6.10 Å². The van der Waals surface area contributed by atoms with Gasteiger partial charge in [-0.2, -0.15) is 5.26 Å². The minimum absolute atomic E-state index is 0.101. The Morgan fingerprint density at radius 1 is 1.27 bits per heavy atom. The van der Waals surface area contributed by atoms with Gasteiger partial charge in [0.05, 0.1) is 28.8 Å². The fraction of sp³-hybridized carbons (Fsp3) is 0.600. The van der Waals surface area contributed by atoms with E-state index >= 15 is 0 Å². The van der Waals surface area contributed by atoms with E-state index in [4.69, 9.17) is 31.2 Å². The number of carboxylic acid groups (broad SMARTS) is 1. The van der Waals surface area contributed by atoms with Crippen LogP contribution in [0.15, 0.2) is 30.5 Å². The van der Waals surface area contributed by atoms with Gasteiger partial charge in [0.25, 0.3) is 0 Å². The fourth-order valence-electron chi connectivity index (χ4n) is 5.46. The number of hydrogen-bond acceptors (Lipinski definition) is 8. The molecule has 4 rings (SSSR count). The highest BCUT2D eigenvalue weighted by Crippen LogP contribution is 2.32. The van der Waals surface area contributed by atoms with Crippen LogP contribution in [0.5, 0.6) is 0 Å². The Hall–Kier alpha value is -2.77. The van der Waals surface area contributed by atoms with Crippen LogP contribution in [-0.2, 0) is 20.7 Å². The highest BCUT2D eigenvalue weighted by Gasteiger charge is 2.32. The molecule has 1 aliphatic carbocycles. The van der Waals surface area contributed by atoms with Crippen LogP contribution in [-0.4, -0.2) is 65.6 Å². The van der Waals surface area contributed by atoms with Crippen molar-refractivity contribution in [3.8, 4) is 17.3 Å². The normalized spacial score (nSPS) is 22.1. The molecule has 2 fully saturated rings. The van der Waals surface area contributed by atoms with E-state index in [1.54, 1.807) is 13.1 Å². The van der Waals surface area contributed by atoms with Crippen LogP contribution in [0.3, 0.4) is 0 Å². The molecule has 1 saturated heterocycles. The Balaban J connectivity index is 1.31. The lowest BCUT2D eigenvalue weighted by Gasteiger charge is -2.31. The van der Waals surface area contributed by atoms with Crippen LogP contribution in [0.4, 0.5) is 5.82 Å². The third-order valence-corrected chi connectivity index (χ3v) is 8.34. The first-order valence-corrected chi connectivity index (χ1v) is 14.6. The molecule has 0 bridgehead atoms. The second kappa shape index (κ2) is 14.2. The van der Waals surface area contributed by atoms with Crippen molar-refractivity contribution in [3.05, 3.63) is 41.2 Å². The summed E-state index contributed by atoms with van der Waals surface area (Å²) in [6.07, 6.45) is 7.56. The van der Waals surface area contributed by atoms with Crippen LogP contribution in [0.1, 0.15) is 58.1 Å². The van der Waals surface area contributed by atoms with Crippen molar-refractivity contribution in [1.82, 2.24) is 15.3 Å². The van der Waals surface area contributed by atoms with Crippen molar-refractivity contribution in [2.24, 2.45) is 11.3 Å².